The average Bonchev–Trinajstić information content (AvgIpc) is 3.18. The molecular formula is C26H29ClFN3O3. The first kappa shape index (κ1) is 22.1. The van der Waals surface area contributed by atoms with Crippen LogP contribution < -0.4 is 0 Å². The summed E-state index contributed by atoms with van der Waals surface area (Å²) >= 11 is 6.23. The van der Waals surface area contributed by atoms with Crippen LogP contribution in [-0.4, -0.2) is 52.9 Å². The Morgan fingerprint density at radius 1 is 1.03 bits per heavy atom. The molecule has 6 nitrogen and oxygen atoms in total. The van der Waals surface area contributed by atoms with E-state index < -0.39 is 5.82 Å². The third-order valence-electron chi connectivity index (χ3n) is 8.62. The minimum Gasteiger partial charge on any atom is -0.360 e. The summed E-state index contributed by atoms with van der Waals surface area (Å²) in [4.78, 5) is 30.8. The van der Waals surface area contributed by atoms with E-state index >= 15 is 0 Å². The van der Waals surface area contributed by atoms with Crippen molar-refractivity contribution in [1.29, 1.82) is 0 Å². The van der Waals surface area contributed by atoms with Gasteiger partial charge >= 0.3 is 0 Å². The predicted octanol–water partition coefficient (Wildman–Crippen LogP) is 4.94. The molecule has 180 valence electrons. The van der Waals surface area contributed by atoms with Gasteiger partial charge in [-0.2, -0.15) is 0 Å². The summed E-state index contributed by atoms with van der Waals surface area (Å²) in [6, 6.07) is 4.36. The largest absolute Gasteiger partial charge is 0.360 e. The van der Waals surface area contributed by atoms with E-state index in [1.54, 1.807) is 17.9 Å². The molecule has 1 aromatic carbocycles. The zero-order chi connectivity index (χ0) is 23.6. The number of carbonyl (C=O) groups is 2. The standard InChI is InChI=1S/C26H29ClFN3O3/c1-15-21(23(29-34-15)22-19(27)3-2-4-20(22)28)24(32)30-5-7-31(8-6-30)25(33)26-12-16-9-17(13-26)11-18(10-16)14-26/h2-4,16-18H,5-14H2,1H3. The molecule has 2 heterocycles. The molecule has 7 rings (SSSR count). The fraction of sp³-hybridized carbons (Fsp3) is 0.577. The van der Waals surface area contributed by atoms with E-state index in [9.17, 15) is 14.0 Å². The van der Waals surface area contributed by atoms with Crippen LogP contribution in [0.25, 0.3) is 11.3 Å². The van der Waals surface area contributed by atoms with E-state index in [2.05, 4.69) is 5.16 Å². The number of nitrogens with zero attached hydrogens (tertiary/aromatic N) is 3. The van der Waals surface area contributed by atoms with Crippen LogP contribution in [0.2, 0.25) is 5.02 Å². The zero-order valence-corrected chi connectivity index (χ0v) is 20.1. The fourth-order valence-corrected chi connectivity index (χ4v) is 7.75. The molecule has 0 N–H and O–H groups in total. The quantitative estimate of drug-likeness (QED) is 0.617. The average molecular weight is 486 g/mol. The van der Waals surface area contributed by atoms with E-state index in [1.165, 1.54) is 31.4 Å². The van der Waals surface area contributed by atoms with Crippen molar-refractivity contribution in [2.24, 2.45) is 23.2 Å². The van der Waals surface area contributed by atoms with Gasteiger partial charge in [-0.1, -0.05) is 22.8 Å². The Hall–Kier alpha value is -2.41. The summed E-state index contributed by atoms with van der Waals surface area (Å²) in [5.41, 5.74) is 0.256. The van der Waals surface area contributed by atoms with Crippen LogP contribution in [0.4, 0.5) is 4.39 Å². The minimum absolute atomic E-state index is 0.0694. The topological polar surface area (TPSA) is 66.7 Å². The van der Waals surface area contributed by atoms with Crippen molar-refractivity contribution in [3.63, 3.8) is 0 Å². The number of amides is 2. The van der Waals surface area contributed by atoms with Crippen molar-refractivity contribution in [2.75, 3.05) is 26.2 Å². The van der Waals surface area contributed by atoms with Crippen LogP contribution in [0.3, 0.4) is 0 Å². The Balaban J connectivity index is 1.18. The highest BCUT2D eigenvalue weighted by Crippen LogP contribution is 2.60. The van der Waals surface area contributed by atoms with Crippen LogP contribution in [0.15, 0.2) is 22.7 Å². The second kappa shape index (κ2) is 8.08. The highest BCUT2D eigenvalue weighted by Gasteiger charge is 2.55. The molecule has 2 aromatic rings. The maximum atomic E-state index is 14.5. The first-order chi connectivity index (χ1) is 16.3. The van der Waals surface area contributed by atoms with Gasteiger partial charge in [-0.3, -0.25) is 9.59 Å². The molecule has 4 aliphatic carbocycles. The summed E-state index contributed by atoms with van der Waals surface area (Å²) in [5, 5.41) is 4.14. The van der Waals surface area contributed by atoms with Crippen molar-refractivity contribution in [2.45, 2.75) is 45.4 Å². The molecule has 34 heavy (non-hydrogen) atoms. The van der Waals surface area contributed by atoms with Crippen LogP contribution in [-0.2, 0) is 4.79 Å². The summed E-state index contributed by atoms with van der Waals surface area (Å²) in [5.74, 6) is 1.97. The zero-order valence-electron chi connectivity index (χ0n) is 19.4. The van der Waals surface area contributed by atoms with Gasteiger partial charge < -0.3 is 14.3 Å². The first-order valence-electron chi connectivity index (χ1n) is 12.3. The van der Waals surface area contributed by atoms with Gasteiger partial charge in [-0.25, -0.2) is 4.39 Å². The van der Waals surface area contributed by atoms with Gasteiger partial charge in [-0.15, -0.1) is 0 Å². The molecule has 8 heteroatoms. The molecular weight excluding hydrogens is 457 g/mol. The van der Waals surface area contributed by atoms with Gasteiger partial charge in [0.25, 0.3) is 5.91 Å². The Bertz CT molecular complexity index is 1100. The van der Waals surface area contributed by atoms with Gasteiger partial charge in [-0.05, 0) is 75.3 Å². The Kier molecular flexibility index (Phi) is 5.24. The molecule has 5 fully saturated rings. The van der Waals surface area contributed by atoms with Crippen molar-refractivity contribution in [3.8, 4) is 11.3 Å². The number of aromatic nitrogens is 1. The third-order valence-corrected chi connectivity index (χ3v) is 8.94. The lowest BCUT2D eigenvalue weighted by Gasteiger charge is -2.57. The Morgan fingerprint density at radius 2 is 1.62 bits per heavy atom. The molecule has 0 unspecified atom stereocenters. The molecule has 4 saturated carbocycles. The summed E-state index contributed by atoms with van der Waals surface area (Å²) in [6.07, 6.45) is 7.06. The second-order valence-electron chi connectivity index (χ2n) is 10.8. The van der Waals surface area contributed by atoms with Gasteiger partial charge in [0.05, 0.1) is 16.0 Å². The third kappa shape index (κ3) is 3.46. The number of hydrogen-bond donors (Lipinski definition) is 0. The highest BCUT2D eigenvalue weighted by atomic mass is 35.5. The summed E-state index contributed by atoms with van der Waals surface area (Å²) in [6.45, 7) is 3.56. The lowest BCUT2D eigenvalue weighted by Crippen LogP contribution is -2.58. The summed E-state index contributed by atoms with van der Waals surface area (Å²) < 4.78 is 19.8. The van der Waals surface area contributed by atoms with Gasteiger partial charge in [0.1, 0.15) is 22.8 Å². The molecule has 0 atom stereocenters. The molecule has 4 bridgehead atoms. The number of aryl methyl sites for hydroxylation is 1. The van der Waals surface area contributed by atoms with Crippen LogP contribution in [0, 0.1) is 35.9 Å². The lowest BCUT2D eigenvalue weighted by molar-refractivity contribution is -0.159. The highest BCUT2D eigenvalue weighted by molar-refractivity contribution is 6.33. The van der Waals surface area contributed by atoms with E-state index in [1.807, 2.05) is 4.90 Å². The Labute approximate surface area is 203 Å². The summed E-state index contributed by atoms with van der Waals surface area (Å²) in [7, 11) is 0. The number of hydrogen-bond acceptors (Lipinski definition) is 4. The molecule has 2 amide bonds. The van der Waals surface area contributed by atoms with Crippen LogP contribution >= 0.6 is 11.6 Å². The Morgan fingerprint density at radius 3 is 2.21 bits per heavy atom. The van der Waals surface area contributed by atoms with Crippen LogP contribution in [0.5, 0.6) is 0 Å². The fourth-order valence-electron chi connectivity index (χ4n) is 7.50. The number of benzene rings is 1. The SMILES string of the molecule is Cc1onc(-c2c(F)cccc2Cl)c1C(=O)N1CCN(C(=O)C23CC4CC(CC(C4)C2)C3)CC1. The maximum Gasteiger partial charge on any atom is 0.259 e. The molecule has 0 spiro atoms. The second-order valence-corrected chi connectivity index (χ2v) is 11.2. The van der Waals surface area contributed by atoms with E-state index in [0.717, 1.165) is 37.0 Å². The minimum atomic E-state index is -0.555. The molecule has 0 radical (unpaired) electrons. The van der Waals surface area contributed by atoms with E-state index in [4.69, 9.17) is 16.1 Å². The molecule has 1 aliphatic heterocycles. The molecule has 1 saturated heterocycles. The number of carbonyl (C=O) groups excluding carboxylic acids is 2. The monoisotopic (exact) mass is 485 g/mol. The van der Waals surface area contributed by atoms with Gasteiger partial charge in [0.2, 0.25) is 5.91 Å². The van der Waals surface area contributed by atoms with Crippen molar-refractivity contribution in [1.82, 2.24) is 15.0 Å². The number of piperazine rings is 1. The number of halogens is 2. The predicted molar refractivity (Wildman–Crippen MR) is 125 cm³/mol. The van der Waals surface area contributed by atoms with Crippen molar-refractivity contribution in [3.05, 3.63) is 40.4 Å². The van der Waals surface area contributed by atoms with Gasteiger partial charge in [0.15, 0.2) is 0 Å². The van der Waals surface area contributed by atoms with Crippen molar-refractivity contribution < 1.29 is 18.5 Å². The van der Waals surface area contributed by atoms with Crippen molar-refractivity contribution >= 4 is 23.4 Å². The lowest BCUT2D eigenvalue weighted by atomic mass is 9.49. The first-order valence-corrected chi connectivity index (χ1v) is 12.7. The van der Waals surface area contributed by atoms with Gasteiger partial charge in [0, 0.05) is 26.2 Å². The van der Waals surface area contributed by atoms with Crippen LogP contribution in [0.1, 0.15) is 54.6 Å². The van der Waals surface area contributed by atoms with E-state index in [0.29, 0.717) is 37.8 Å². The molecule has 5 aliphatic rings. The smallest absolute Gasteiger partial charge is 0.259 e. The number of rotatable bonds is 3. The molecule has 1 aromatic heterocycles. The normalized spacial score (nSPS) is 30.1. The van der Waals surface area contributed by atoms with E-state index in [-0.39, 0.29) is 33.2 Å². The maximum absolute atomic E-state index is 14.5.